The van der Waals surface area contributed by atoms with Gasteiger partial charge >= 0.3 is 0 Å². The van der Waals surface area contributed by atoms with E-state index in [1.807, 2.05) is 30.3 Å². The lowest BCUT2D eigenvalue weighted by Gasteiger charge is -2.23. The molecule has 11 aromatic rings. The summed E-state index contributed by atoms with van der Waals surface area (Å²) < 4.78 is 4.83. The Balaban J connectivity index is 1.08. The molecule has 0 aliphatic heterocycles. The first-order valence-electron chi connectivity index (χ1n) is 20.2. The van der Waals surface area contributed by atoms with E-state index in [4.69, 9.17) is 9.97 Å². The molecule has 0 unspecified atom stereocenters. The lowest BCUT2D eigenvalue weighted by Crippen LogP contribution is -2.15. The van der Waals surface area contributed by atoms with Gasteiger partial charge in [0.25, 0.3) is 0 Å². The Morgan fingerprint density at radius 1 is 0.407 bits per heavy atom. The average molecular weight is 756 g/mol. The first kappa shape index (κ1) is 33.5. The molecule has 12 rings (SSSR count). The number of hydrogen-bond acceptors (Lipinski definition) is 3. The highest BCUT2D eigenvalue weighted by atomic mass is 15.0. The molecule has 278 valence electrons. The van der Waals surface area contributed by atoms with Gasteiger partial charge in [-0.3, -0.25) is 0 Å². The Morgan fingerprint density at radius 2 is 0.949 bits per heavy atom. The maximum Gasteiger partial charge on any atom is 0.163 e. The third-order valence-corrected chi connectivity index (χ3v) is 12.5. The van der Waals surface area contributed by atoms with Gasteiger partial charge in [0.2, 0.25) is 0 Å². The van der Waals surface area contributed by atoms with Crippen molar-refractivity contribution >= 4 is 43.6 Å². The van der Waals surface area contributed by atoms with Crippen molar-refractivity contribution < 1.29 is 0 Å². The number of rotatable bonds is 5. The van der Waals surface area contributed by atoms with Crippen LogP contribution in [0.25, 0.3) is 100 Å². The lowest BCUT2D eigenvalue weighted by atomic mass is 9.82. The topological polar surface area (TPSA) is 48.5 Å². The van der Waals surface area contributed by atoms with Crippen LogP contribution < -0.4 is 0 Å². The van der Waals surface area contributed by atoms with Gasteiger partial charge < -0.3 is 9.13 Å². The van der Waals surface area contributed by atoms with Gasteiger partial charge in [-0.1, -0.05) is 135 Å². The normalized spacial score (nSPS) is 13.1. The van der Waals surface area contributed by atoms with E-state index >= 15 is 0 Å². The number of para-hydroxylation sites is 3. The molecule has 0 spiro atoms. The van der Waals surface area contributed by atoms with Crippen LogP contribution in [0.3, 0.4) is 0 Å². The monoisotopic (exact) mass is 755 g/mol. The van der Waals surface area contributed by atoms with E-state index < -0.39 is 0 Å². The zero-order valence-corrected chi connectivity index (χ0v) is 32.6. The number of hydrogen-bond donors (Lipinski definition) is 0. The summed E-state index contributed by atoms with van der Waals surface area (Å²) in [4.78, 5) is 14.4. The predicted molar refractivity (Wildman–Crippen MR) is 242 cm³/mol. The minimum Gasteiger partial charge on any atom is -0.309 e. The lowest BCUT2D eigenvalue weighted by molar-refractivity contribution is 0.660. The summed E-state index contributed by atoms with van der Waals surface area (Å²) in [6.07, 6.45) is 1.64. The van der Waals surface area contributed by atoms with Gasteiger partial charge in [-0.15, -0.1) is 0 Å². The summed E-state index contributed by atoms with van der Waals surface area (Å²) >= 11 is 0. The number of fused-ring (bicyclic) bond motifs is 9. The summed E-state index contributed by atoms with van der Waals surface area (Å²) in [6.45, 7) is 4.67. The Hall–Kier alpha value is -7.63. The average Bonchev–Trinajstić information content (AvgIpc) is 3.89. The fourth-order valence-electron chi connectivity index (χ4n) is 9.68. The zero-order chi connectivity index (χ0) is 39.2. The Bertz CT molecular complexity index is 3470. The second-order valence-electron chi connectivity index (χ2n) is 16.1. The fraction of sp³-hybridized carbons (Fsp3) is 0.0556. The molecule has 5 nitrogen and oxygen atoms in total. The molecule has 0 saturated carbocycles. The molecule has 0 atom stereocenters. The molecule has 0 saturated heterocycles. The van der Waals surface area contributed by atoms with Crippen LogP contribution in [-0.2, 0) is 5.41 Å². The second-order valence-corrected chi connectivity index (χ2v) is 16.1. The zero-order valence-electron chi connectivity index (χ0n) is 32.6. The van der Waals surface area contributed by atoms with E-state index in [0.717, 1.165) is 33.5 Å². The van der Waals surface area contributed by atoms with Gasteiger partial charge in [-0.25, -0.2) is 15.0 Å². The van der Waals surface area contributed by atoms with E-state index in [-0.39, 0.29) is 5.41 Å². The maximum absolute atomic E-state index is 5.05. The summed E-state index contributed by atoms with van der Waals surface area (Å²) in [5, 5.41) is 4.91. The first-order chi connectivity index (χ1) is 29.0. The third kappa shape index (κ3) is 5.01. The molecule has 3 aromatic heterocycles. The Morgan fingerprint density at radius 3 is 1.64 bits per heavy atom. The summed E-state index contributed by atoms with van der Waals surface area (Å²) in [7, 11) is 0. The van der Waals surface area contributed by atoms with Crippen molar-refractivity contribution in [1.82, 2.24) is 24.1 Å². The van der Waals surface area contributed by atoms with Crippen LogP contribution in [0.2, 0.25) is 0 Å². The van der Waals surface area contributed by atoms with Gasteiger partial charge in [-0.2, -0.15) is 0 Å². The van der Waals surface area contributed by atoms with Crippen molar-refractivity contribution in [2.45, 2.75) is 19.3 Å². The van der Waals surface area contributed by atoms with Crippen molar-refractivity contribution in [3.8, 4) is 56.4 Å². The van der Waals surface area contributed by atoms with E-state index in [1.54, 1.807) is 6.33 Å². The van der Waals surface area contributed by atoms with Gasteiger partial charge in [0, 0.05) is 49.3 Å². The molecule has 3 heterocycles. The molecule has 8 aromatic carbocycles. The van der Waals surface area contributed by atoms with Crippen LogP contribution in [0.5, 0.6) is 0 Å². The smallest absolute Gasteiger partial charge is 0.163 e. The van der Waals surface area contributed by atoms with Crippen LogP contribution in [0.15, 0.2) is 188 Å². The molecule has 5 heteroatoms. The van der Waals surface area contributed by atoms with Crippen molar-refractivity contribution in [2.75, 3.05) is 0 Å². The standard InChI is InChI=1S/C54H37N5/c1-54(2)44-22-12-9-21-41(44)51-45(54)31-37(53-56-33-55-52(57-53)34-15-5-3-6-16-34)32-50(51)59-47-24-14-11-20-40(47)43-30-36(26-28-49(43)59)35-25-27-48-42(29-35)39-19-10-13-23-46(39)58(48)38-17-7-4-8-18-38/h3-33H,1-2H3. The predicted octanol–water partition coefficient (Wildman–Crippen LogP) is 13.4. The largest absolute Gasteiger partial charge is 0.309 e. The molecule has 0 radical (unpaired) electrons. The summed E-state index contributed by atoms with van der Waals surface area (Å²) in [5.74, 6) is 1.31. The molecule has 59 heavy (non-hydrogen) atoms. The number of aromatic nitrogens is 5. The highest BCUT2D eigenvalue weighted by Crippen LogP contribution is 2.53. The molecule has 0 amide bonds. The van der Waals surface area contributed by atoms with Crippen LogP contribution >= 0.6 is 0 Å². The Kier molecular flexibility index (Phi) is 7.20. The van der Waals surface area contributed by atoms with Gasteiger partial charge in [0.05, 0.1) is 27.8 Å². The van der Waals surface area contributed by atoms with E-state index in [0.29, 0.717) is 11.6 Å². The minimum atomic E-state index is -0.236. The molecule has 0 fully saturated rings. The van der Waals surface area contributed by atoms with Crippen molar-refractivity contribution in [2.24, 2.45) is 0 Å². The van der Waals surface area contributed by atoms with Gasteiger partial charge in [0.15, 0.2) is 11.6 Å². The molecule has 1 aliphatic carbocycles. The van der Waals surface area contributed by atoms with Gasteiger partial charge in [-0.05, 0) is 88.5 Å². The van der Waals surface area contributed by atoms with Crippen molar-refractivity contribution in [3.63, 3.8) is 0 Å². The summed E-state index contributed by atoms with van der Waals surface area (Å²) in [6, 6.07) is 65.7. The fourth-order valence-corrected chi connectivity index (χ4v) is 9.68. The molecular weight excluding hydrogens is 719 g/mol. The first-order valence-corrected chi connectivity index (χ1v) is 20.2. The third-order valence-electron chi connectivity index (χ3n) is 12.5. The SMILES string of the molecule is CC1(C)c2ccccc2-c2c(-n3c4ccccc4c4cc(-c5ccc6c(c5)c5ccccc5n6-c5ccccc5)ccc43)cc(-c3ncnc(-c4ccccc4)n3)cc21. The van der Waals surface area contributed by atoms with Gasteiger partial charge in [0.1, 0.15) is 6.33 Å². The maximum atomic E-state index is 5.05. The van der Waals surface area contributed by atoms with Crippen LogP contribution in [0.4, 0.5) is 0 Å². The van der Waals surface area contributed by atoms with Crippen LogP contribution in [0.1, 0.15) is 25.0 Å². The van der Waals surface area contributed by atoms with Crippen molar-refractivity contribution in [3.05, 3.63) is 199 Å². The molecule has 1 aliphatic rings. The van der Waals surface area contributed by atoms with E-state index in [9.17, 15) is 0 Å². The highest BCUT2D eigenvalue weighted by molar-refractivity contribution is 6.13. The highest BCUT2D eigenvalue weighted by Gasteiger charge is 2.38. The molecular formula is C54H37N5. The summed E-state index contributed by atoms with van der Waals surface area (Å²) in [5.41, 5.74) is 16.1. The second kappa shape index (κ2) is 12.7. The molecule has 0 bridgehead atoms. The molecule has 0 N–H and O–H groups in total. The number of nitrogens with zero attached hydrogens (tertiary/aromatic N) is 5. The Labute approximate surface area is 341 Å². The quantitative estimate of drug-likeness (QED) is 0.176. The van der Waals surface area contributed by atoms with Crippen LogP contribution in [0, 0.1) is 0 Å². The van der Waals surface area contributed by atoms with Crippen LogP contribution in [-0.4, -0.2) is 24.1 Å². The number of benzene rings is 8. The minimum absolute atomic E-state index is 0.236. The van der Waals surface area contributed by atoms with E-state index in [1.165, 1.54) is 66.0 Å². The van der Waals surface area contributed by atoms with Crippen molar-refractivity contribution in [1.29, 1.82) is 0 Å². The van der Waals surface area contributed by atoms with E-state index in [2.05, 4.69) is 180 Å².